The number of rotatable bonds is 2. The number of allylic oxidation sites excluding steroid dienone is 3. The van der Waals surface area contributed by atoms with E-state index in [1.165, 1.54) is 11.0 Å². The Morgan fingerprint density at radius 3 is 2.52 bits per heavy atom. The third-order valence-corrected chi connectivity index (χ3v) is 4.51. The zero-order valence-electron chi connectivity index (χ0n) is 14.5. The zero-order valence-corrected chi connectivity index (χ0v) is 14.5. The summed E-state index contributed by atoms with van der Waals surface area (Å²) < 4.78 is 32.0. The first-order valence-corrected chi connectivity index (χ1v) is 8.09. The topological polar surface area (TPSA) is 87.1 Å². The minimum atomic E-state index is -1.78. The smallest absolute Gasteiger partial charge is 0.410 e. The van der Waals surface area contributed by atoms with Gasteiger partial charge in [-0.1, -0.05) is 6.08 Å². The van der Waals surface area contributed by atoms with Crippen LogP contribution in [0.2, 0.25) is 0 Å². The molecule has 140 valence electrons. The van der Waals surface area contributed by atoms with Gasteiger partial charge in [0, 0.05) is 25.4 Å². The molecule has 1 amide bonds. The molecule has 1 aliphatic heterocycles. The highest BCUT2D eigenvalue weighted by atomic mass is 19.2. The minimum absolute atomic E-state index is 0.0628. The predicted octanol–water partition coefficient (Wildman–Crippen LogP) is 2.79. The van der Waals surface area contributed by atoms with Crippen molar-refractivity contribution in [3.63, 3.8) is 0 Å². The van der Waals surface area contributed by atoms with E-state index >= 15 is 0 Å². The molecule has 0 aromatic rings. The van der Waals surface area contributed by atoms with Gasteiger partial charge in [0.25, 0.3) is 0 Å². The molecule has 0 spiro atoms. The SMILES string of the molecule is CC(C)(C)OC(=O)N1CC[C@](O)(C2C=CC(F)=C(F)C2)[C@@H](C(=O)O)C1. The molecule has 0 bridgehead atoms. The van der Waals surface area contributed by atoms with E-state index in [-0.39, 0.29) is 19.5 Å². The predicted molar refractivity (Wildman–Crippen MR) is 85.0 cm³/mol. The van der Waals surface area contributed by atoms with E-state index in [4.69, 9.17) is 4.74 Å². The molecule has 1 aliphatic carbocycles. The average molecular weight is 359 g/mol. The molecule has 2 N–H and O–H groups in total. The van der Waals surface area contributed by atoms with Crippen LogP contribution in [0.4, 0.5) is 13.6 Å². The Balaban J connectivity index is 2.19. The van der Waals surface area contributed by atoms with Crippen molar-refractivity contribution < 1.29 is 33.3 Å². The van der Waals surface area contributed by atoms with Gasteiger partial charge in [-0.05, 0) is 33.3 Å². The standard InChI is InChI=1S/C17H23F2NO5/c1-16(2,3)25-15(23)20-7-6-17(24,11(9-20)14(21)22)10-4-5-12(18)13(19)8-10/h4-5,10-11,24H,6-9H2,1-3H3,(H,21,22)/t10?,11-,17+/m1/s1. The summed E-state index contributed by atoms with van der Waals surface area (Å²) in [5.41, 5.74) is -2.51. The summed E-state index contributed by atoms with van der Waals surface area (Å²) >= 11 is 0. The summed E-state index contributed by atoms with van der Waals surface area (Å²) in [6.07, 6.45) is 1.04. The van der Waals surface area contributed by atoms with Crippen molar-refractivity contribution in [3.05, 3.63) is 23.8 Å². The number of ether oxygens (including phenoxy) is 1. The van der Waals surface area contributed by atoms with Gasteiger partial charge in [0.1, 0.15) is 17.3 Å². The van der Waals surface area contributed by atoms with E-state index in [0.717, 1.165) is 6.08 Å². The number of carbonyl (C=O) groups excluding carboxylic acids is 1. The summed E-state index contributed by atoms with van der Waals surface area (Å²) in [6, 6.07) is 0. The van der Waals surface area contributed by atoms with Crippen molar-refractivity contribution in [1.29, 1.82) is 0 Å². The third kappa shape index (κ3) is 4.18. The number of amides is 1. The van der Waals surface area contributed by atoms with Gasteiger partial charge >= 0.3 is 12.1 Å². The molecule has 1 heterocycles. The quantitative estimate of drug-likeness (QED) is 0.792. The number of halogens is 2. The Bertz CT molecular complexity index is 625. The lowest BCUT2D eigenvalue weighted by Gasteiger charge is -2.46. The Kier molecular flexibility index (Phi) is 5.22. The van der Waals surface area contributed by atoms with Crippen LogP contribution in [0.1, 0.15) is 33.6 Å². The van der Waals surface area contributed by atoms with Crippen molar-refractivity contribution in [2.45, 2.75) is 44.8 Å². The first-order chi connectivity index (χ1) is 11.4. The highest BCUT2D eigenvalue weighted by Crippen LogP contribution is 2.41. The maximum Gasteiger partial charge on any atom is 0.410 e. The molecule has 0 saturated carbocycles. The zero-order chi connectivity index (χ0) is 19.0. The van der Waals surface area contributed by atoms with E-state index < -0.39 is 53.2 Å². The number of carboxylic acid groups (broad SMARTS) is 1. The van der Waals surface area contributed by atoms with Gasteiger partial charge in [0.05, 0.1) is 5.60 Å². The van der Waals surface area contributed by atoms with Gasteiger partial charge in [-0.25, -0.2) is 13.6 Å². The van der Waals surface area contributed by atoms with Crippen molar-refractivity contribution in [2.24, 2.45) is 11.8 Å². The van der Waals surface area contributed by atoms with Crippen LogP contribution < -0.4 is 0 Å². The number of likely N-dealkylation sites (tertiary alicyclic amines) is 1. The molecule has 3 atom stereocenters. The molecule has 2 rings (SSSR count). The average Bonchev–Trinajstić information content (AvgIpc) is 2.48. The Morgan fingerprint density at radius 1 is 1.36 bits per heavy atom. The maximum atomic E-state index is 13.6. The van der Waals surface area contributed by atoms with Crippen molar-refractivity contribution in [1.82, 2.24) is 4.90 Å². The van der Waals surface area contributed by atoms with E-state index in [1.807, 2.05) is 0 Å². The van der Waals surface area contributed by atoms with Crippen LogP contribution in [0.3, 0.4) is 0 Å². The summed E-state index contributed by atoms with van der Waals surface area (Å²) in [6.45, 7) is 4.87. The van der Waals surface area contributed by atoms with Crippen molar-refractivity contribution >= 4 is 12.1 Å². The minimum Gasteiger partial charge on any atom is -0.481 e. The maximum absolute atomic E-state index is 13.6. The number of hydrogen-bond donors (Lipinski definition) is 2. The summed E-state index contributed by atoms with van der Waals surface area (Å²) in [7, 11) is 0. The summed E-state index contributed by atoms with van der Waals surface area (Å²) in [5.74, 6) is -5.55. The normalized spacial score (nSPS) is 30.4. The fourth-order valence-corrected chi connectivity index (χ4v) is 3.18. The molecule has 0 aromatic heterocycles. The van der Waals surface area contributed by atoms with Gasteiger partial charge < -0.3 is 19.8 Å². The second-order valence-corrected chi connectivity index (χ2v) is 7.48. The van der Waals surface area contributed by atoms with Crippen molar-refractivity contribution in [3.8, 4) is 0 Å². The van der Waals surface area contributed by atoms with E-state index in [9.17, 15) is 28.6 Å². The number of piperidine rings is 1. The van der Waals surface area contributed by atoms with Crippen LogP contribution in [-0.4, -0.2) is 51.5 Å². The van der Waals surface area contributed by atoms with Crippen molar-refractivity contribution in [2.75, 3.05) is 13.1 Å². The molecule has 6 nitrogen and oxygen atoms in total. The third-order valence-electron chi connectivity index (χ3n) is 4.51. The van der Waals surface area contributed by atoms with Gasteiger partial charge in [-0.3, -0.25) is 4.79 Å². The van der Waals surface area contributed by atoms with Crippen LogP contribution in [0, 0.1) is 11.8 Å². The number of hydrogen-bond acceptors (Lipinski definition) is 4. The first kappa shape index (κ1) is 19.4. The highest BCUT2D eigenvalue weighted by molar-refractivity contribution is 5.75. The molecular weight excluding hydrogens is 336 g/mol. The van der Waals surface area contributed by atoms with Gasteiger partial charge in [0.15, 0.2) is 5.83 Å². The van der Waals surface area contributed by atoms with E-state index in [2.05, 4.69) is 0 Å². The summed E-state index contributed by atoms with van der Waals surface area (Å²) in [4.78, 5) is 25.1. The number of aliphatic carboxylic acids is 1. The second kappa shape index (κ2) is 6.74. The monoisotopic (exact) mass is 359 g/mol. The van der Waals surface area contributed by atoms with Crippen LogP contribution in [-0.2, 0) is 9.53 Å². The van der Waals surface area contributed by atoms with Gasteiger partial charge in [-0.2, -0.15) is 0 Å². The fraction of sp³-hybridized carbons (Fsp3) is 0.647. The summed E-state index contributed by atoms with van der Waals surface area (Å²) in [5, 5.41) is 20.5. The van der Waals surface area contributed by atoms with Crippen LogP contribution >= 0.6 is 0 Å². The first-order valence-electron chi connectivity index (χ1n) is 8.09. The number of carbonyl (C=O) groups is 2. The second-order valence-electron chi connectivity index (χ2n) is 7.48. The fourth-order valence-electron chi connectivity index (χ4n) is 3.18. The molecular formula is C17H23F2NO5. The molecule has 8 heteroatoms. The Labute approximate surface area is 144 Å². The van der Waals surface area contributed by atoms with E-state index in [1.54, 1.807) is 20.8 Å². The van der Waals surface area contributed by atoms with Gasteiger partial charge in [-0.15, -0.1) is 0 Å². The number of nitrogens with zero attached hydrogens (tertiary/aromatic N) is 1. The lowest BCUT2D eigenvalue weighted by Crippen LogP contribution is -2.59. The molecule has 1 unspecified atom stereocenters. The number of carboxylic acids is 1. The van der Waals surface area contributed by atoms with E-state index in [0.29, 0.717) is 0 Å². The molecule has 1 fully saturated rings. The van der Waals surface area contributed by atoms with Crippen LogP contribution in [0.5, 0.6) is 0 Å². The lowest BCUT2D eigenvalue weighted by atomic mass is 9.70. The lowest BCUT2D eigenvalue weighted by molar-refractivity contribution is -0.164. The molecule has 1 saturated heterocycles. The molecule has 25 heavy (non-hydrogen) atoms. The molecule has 2 aliphatic rings. The van der Waals surface area contributed by atoms with Crippen LogP contribution in [0.25, 0.3) is 0 Å². The Hall–Kier alpha value is -1.96. The largest absolute Gasteiger partial charge is 0.481 e. The Morgan fingerprint density at radius 2 is 2.00 bits per heavy atom. The highest BCUT2D eigenvalue weighted by Gasteiger charge is 2.51. The number of aliphatic hydroxyl groups is 1. The van der Waals surface area contributed by atoms with Crippen LogP contribution in [0.15, 0.2) is 23.8 Å². The molecule has 0 radical (unpaired) electrons. The van der Waals surface area contributed by atoms with Gasteiger partial charge in [0.2, 0.25) is 0 Å². The molecule has 0 aromatic carbocycles.